The lowest BCUT2D eigenvalue weighted by molar-refractivity contribution is 0.295. The first-order chi connectivity index (χ1) is 9.06. The summed E-state index contributed by atoms with van der Waals surface area (Å²) in [5, 5.41) is -0.0351. The van der Waals surface area contributed by atoms with E-state index >= 15 is 0 Å². The number of rotatable bonds is 4. The van der Waals surface area contributed by atoms with Crippen molar-refractivity contribution in [3.63, 3.8) is 0 Å². The SMILES string of the molecule is Nc1ccc(OCCn2cc(Cl)c(=O)[nH]c2=O)cc1. The van der Waals surface area contributed by atoms with Gasteiger partial charge in [0.25, 0.3) is 5.56 Å². The largest absolute Gasteiger partial charge is 0.492 e. The first kappa shape index (κ1) is 13.2. The van der Waals surface area contributed by atoms with Crippen molar-refractivity contribution in [2.75, 3.05) is 12.3 Å². The number of H-pyrrole nitrogens is 1. The molecule has 0 spiro atoms. The highest BCUT2D eigenvalue weighted by atomic mass is 35.5. The minimum absolute atomic E-state index is 0.0351. The third-order valence-corrected chi connectivity index (χ3v) is 2.72. The lowest BCUT2D eigenvalue weighted by Gasteiger charge is -2.08. The number of halogens is 1. The molecule has 1 aromatic carbocycles. The van der Waals surface area contributed by atoms with Crippen LogP contribution >= 0.6 is 11.6 Å². The third-order valence-electron chi connectivity index (χ3n) is 2.45. The topological polar surface area (TPSA) is 90.1 Å². The Bertz CT molecular complexity index is 676. The van der Waals surface area contributed by atoms with Gasteiger partial charge in [0.1, 0.15) is 17.4 Å². The molecule has 0 aliphatic heterocycles. The van der Waals surface area contributed by atoms with E-state index in [-0.39, 0.29) is 18.2 Å². The molecule has 0 aliphatic rings. The summed E-state index contributed by atoms with van der Waals surface area (Å²) in [6.07, 6.45) is 1.29. The monoisotopic (exact) mass is 281 g/mol. The molecule has 2 rings (SSSR count). The minimum atomic E-state index is -0.595. The maximum Gasteiger partial charge on any atom is 0.328 e. The van der Waals surface area contributed by atoms with Crippen LogP contribution in [0.3, 0.4) is 0 Å². The summed E-state index contributed by atoms with van der Waals surface area (Å²) in [5.41, 5.74) is 5.08. The van der Waals surface area contributed by atoms with E-state index in [4.69, 9.17) is 22.1 Å². The Morgan fingerprint density at radius 2 is 1.95 bits per heavy atom. The molecule has 1 aromatic heterocycles. The molecule has 0 atom stereocenters. The van der Waals surface area contributed by atoms with Gasteiger partial charge < -0.3 is 10.5 Å². The van der Waals surface area contributed by atoms with Crippen LogP contribution in [0.25, 0.3) is 0 Å². The molecular formula is C12H12ClN3O3. The number of aromatic amines is 1. The van der Waals surface area contributed by atoms with Gasteiger partial charge in [-0.1, -0.05) is 11.6 Å². The summed E-state index contributed by atoms with van der Waals surface area (Å²) < 4.78 is 6.72. The van der Waals surface area contributed by atoms with Gasteiger partial charge in [-0.2, -0.15) is 0 Å². The van der Waals surface area contributed by atoms with E-state index in [1.54, 1.807) is 24.3 Å². The third kappa shape index (κ3) is 3.38. The Balaban J connectivity index is 2.00. The Morgan fingerprint density at radius 1 is 1.26 bits per heavy atom. The van der Waals surface area contributed by atoms with Gasteiger partial charge in [-0.05, 0) is 24.3 Å². The van der Waals surface area contributed by atoms with Gasteiger partial charge >= 0.3 is 5.69 Å². The van der Waals surface area contributed by atoms with Gasteiger partial charge in [0, 0.05) is 11.9 Å². The zero-order valence-corrected chi connectivity index (χ0v) is 10.7. The number of anilines is 1. The second-order valence-electron chi connectivity index (χ2n) is 3.85. The molecule has 0 bridgehead atoms. The average molecular weight is 282 g/mol. The zero-order valence-electron chi connectivity index (χ0n) is 9.93. The van der Waals surface area contributed by atoms with Gasteiger partial charge in [0.05, 0.1) is 6.54 Å². The number of ether oxygens (including phenoxy) is 1. The number of nitrogens with one attached hydrogen (secondary N) is 1. The highest BCUT2D eigenvalue weighted by Gasteiger charge is 2.02. The number of hydrogen-bond acceptors (Lipinski definition) is 4. The van der Waals surface area contributed by atoms with Crippen molar-refractivity contribution in [2.24, 2.45) is 0 Å². The highest BCUT2D eigenvalue weighted by molar-refractivity contribution is 6.30. The van der Waals surface area contributed by atoms with Crippen LogP contribution in [0, 0.1) is 0 Å². The number of nitrogen functional groups attached to an aromatic ring is 1. The predicted octanol–water partition coefficient (Wildman–Crippen LogP) is 0.851. The summed E-state index contributed by atoms with van der Waals surface area (Å²) >= 11 is 5.64. The number of nitrogens with zero attached hydrogens (tertiary/aromatic N) is 1. The molecule has 0 fully saturated rings. The second-order valence-corrected chi connectivity index (χ2v) is 4.25. The van der Waals surface area contributed by atoms with E-state index in [9.17, 15) is 9.59 Å². The van der Waals surface area contributed by atoms with E-state index in [0.29, 0.717) is 11.4 Å². The zero-order chi connectivity index (χ0) is 13.8. The summed E-state index contributed by atoms with van der Waals surface area (Å²) in [7, 11) is 0. The van der Waals surface area contributed by atoms with Crippen molar-refractivity contribution < 1.29 is 4.74 Å². The first-order valence-electron chi connectivity index (χ1n) is 5.54. The number of aromatic nitrogens is 2. The first-order valence-corrected chi connectivity index (χ1v) is 5.91. The highest BCUT2D eigenvalue weighted by Crippen LogP contribution is 2.12. The molecule has 1 heterocycles. The van der Waals surface area contributed by atoms with Crippen LogP contribution in [0.5, 0.6) is 5.75 Å². The van der Waals surface area contributed by atoms with Crippen LogP contribution in [0.1, 0.15) is 0 Å². The van der Waals surface area contributed by atoms with Crippen LogP contribution in [-0.2, 0) is 6.54 Å². The maximum atomic E-state index is 11.5. The second kappa shape index (κ2) is 5.62. The number of benzene rings is 1. The van der Waals surface area contributed by atoms with E-state index in [0.717, 1.165) is 0 Å². The van der Waals surface area contributed by atoms with Crippen LogP contribution in [0.2, 0.25) is 5.02 Å². The lowest BCUT2D eigenvalue weighted by atomic mass is 10.3. The van der Waals surface area contributed by atoms with Crippen LogP contribution in [0.4, 0.5) is 5.69 Å². The predicted molar refractivity (Wildman–Crippen MR) is 72.7 cm³/mol. The Kier molecular flexibility index (Phi) is 3.91. The van der Waals surface area contributed by atoms with Gasteiger partial charge in [0.15, 0.2) is 0 Å². The van der Waals surface area contributed by atoms with Crippen molar-refractivity contribution in [3.8, 4) is 5.75 Å². The maximum absolute atomic E-state index is 11.5. The Hall–Kier alpha value is -2.21. The fourth-order valence-corrected chi connectivity index (χ4v) is 1.64. The normalized spacial score (nSPS) is 10.4. The summed E-state index contributed by atoms with van der Waals surface area (Å²) in [6.45, 7) is 0.548. The van der Waals surface area contributed by atoms with E-state index in [2.05, 4.69) is 4.98 Å². The Morgan fingerprint density at radius 3 is 2.63 bits per heavy atom. The molecule has 19 heavy (non-hydrogen) atoms. The molecule has 0 amide bonds. The van der Waals surface area contributed by atoms with Crippen molar-refractivity contribution in [3.05, 3.63) is 56.3 Å². The van der Waals surface area contributed by atoms with Crippen LogP contribution in [-0.4, -0.2) is 16.2 Å². The molecule has 0 radical (unpaired) electrons. The molecule has 0 aliphatic carbocycles. The molecule has 2 aromatic rings. The fraction of sp³-hybridized carbons (Fsp3) is 0.167. The molecule has 0 unspecified atom stereocenters. The standard InChI is InChI=1S/C12H12ClN3O3/c13-10-7-16(12(18)15-11(10)17)5-6-19-9-3-1-8(14)2-4-9/h1-4,7H,5-6,14H2,(H,15,17,18). The summed E-state index contributed by atoms with van der Waals surface area (Å²) in [5.74, 6) is 0.651. The molecule has 7 heteroatoms. The average Bonchev–Trinajstić information content (AvgIpc) is 2.38. The fourth-order valence-electron chi connectivity index (χ4n) is 1.47. The molecule has 100 valence electrons. The lowest BCUT2D eigenvalue weighted by Crippen LogP contribution is -2.31. The number of nitrogens with two attached hydrogens (primary N) is 1. The van der Waals surface area contributed by atoms with E-state index in [1.165, 1.54) is 10.8 Å². The van der Waals surface area contributed by atoms with Crippen molar-refractivity contribution in [2.45, 2.75) is 6.54 Å². The van der Waals surface area contributed by atoms with Gasteiger partial charge in [0.2, 0.25) is 0 Å². The summed E-state index contributed by atoms with van der Waals surface area (Å²) in [6, 6.07) is 6.91. The smallest absolute Gasteiger partial charge is 0.328 e. The Labute approximate surface area is 113 Å². The van der Waals surface area contributed by atoms with Crippen molar-refractivity contribution in [1.29, 1.82) is 0 Å². The minimum Gasteiger partial charge on any atom is -0.492 e. The molecule has 0 saturated heterocycles. The van der Waals surface area contributed by atoms with E-state index in [1.807, 2.05) is 0 Å². The molecular weight excluding hydrogens is 270 g/mol. The number of hydrogen-bond donors (Lipinski definition) is 2. The summed E-state index contributed by atoms with van der Waals surface area (Å²) in [4.78, 5) is 24.6. The quantitative estimate of drug-likeness (QED) is 0.813. The van der Waals surface area contributed by atoms with Gasteiger partial charge in [-0.25, -0.2) is 4.79 Å². The van der Waals surface area contributed by atoms with Gasteiger partial charge in [-0.15, -0.1) is 0 Å². The van der Waals surface area contributed by atoms with Crippen molar-refractivity contribution >= 4 is 17.3 Å². The van der Waals surface area contributed by atoms with E-state index < -0.39 is 11.2 Å². The van der Waals surface area contributed by atoms with Crippen molar-refractivity contribution in [1.82, 2.24) is 9.55 Å². The molecule has 0 saturated carbocycles. The molecule has 3 N–H and O–H groups in total. The molecule has 6 nitrogen and oxygen atoms in total. The van der Waals surface area contributed by atoms with Crippen LogP contribution in [0.15, 0.2) is 40.1 Å². The van der Waals surface area contributed by atoms with Crippen LogP contribution < -0.4 is 21.7 Å². The van der Waals surface area contributed by atoms with Gasteiger partial charge in [-0.3, -0.25) is 14.3 Å².